The fourth-order valence-electron chi connectivity index (χ4n) is 2.20. The standard InChI is InChI=1S/C18H23N3O2/c1-12(2)23-17-6-4-14(5-7-17)13(3)21-18(22)15-8-9-20-16(10-15)11-19/h4-10,12-13H,11,19H2,1-3H3,(H,21,22). The summed E-state index contributed by atoms with van der Waals surface area (Å²) < 4.78 is 5.62. The molecule has 2 rings (SSSR count). The normalized spacial score (nSPS) is 12.0. The van der Waals surface area contributed by atoms with Crippen molar-refractivity contribution in [3.8, 4) is 5.75 Å². The van der Waals surface area contributed by atoms with E-state index in [0.29, 0.717) is 17.8 Å². The lowest BCUT2D eigenvalue weighted by Gasteiger charge is -2.16. The summed E-state index contributed by atoms with van der Waals surface area (Å²) in [5.74, 6) is 0.682. The van der Waals surface area contributed by atoms with E-state index in [4.69, 9.17) is 10.5 Å². The van der Waals surface area contributed by atoms with Crippen LogP contribution in [-0.2, 0) is 6.54 Å². The first-order chi connectivity index (χ1) is 11.0. The zero-order valence-electron chi connectivity index (χ0n) is 13.7. The average Bonchev–Trinajstić information content (AvgIpc) is 2.55. The van der Waals surface area contributed by atoms with Crippen molar-refractivity contribution in [1.82, 2.24) is 10.3 Å². The highest BCUT2D eigenvalue weighted by atomic mass is 16.5. The third-order valence-electron chi connectivity index (χ3n) is 3.39. The smallest absolute Gasteiger partial charge is 0.251 e. The zero-order chi connectivity index (χ0) is 16.8. The Labute approximate surface area is 136 Å². The van der Waals surface area contributed by atoms with Crippen molar-refractivity contribution in [3.05, 3.63) is 59.4 Å². The molecule has 1 aromatic heterocycles. The summed E-state index contributed by atoms with van der Waals surface area (Å²) in [5.41, 5.74) is 7.83. The van der Waals surface area contributed by atoms with Crippen molar-refractivity contribution in [2.24, 2.45) is 5.73 Å². The minimum absolute atomic E-state index is 0.106. The molecule has 0 saturated carbocycles. The van der Waals surface area contributed by atoms with Crippen molar-refractivity contribution in [1.29, 1.82) is 0 Å². The number of aromatic nitrogens is 1. The molecular weight excluding hydrogens is 290 g/mol. The fourth-order valence-corrected chi connectivity index (χ4v) is 2.20. The first kappa shape index (κ1) is 17.0. The van der Waals surface area contributed by atoms with Crippen LogP contribution in [0.2, 0.25) is 0 Å². The van der Waals surface area contributed by atoms with Gasteiger partial charge in [-0.05, 0) is 50.6 Å². The van der Waals surface area contributed by atoms with Crippen LogP contribution in [0, 0.1) is 0 Å². The summed E-state index contributed by atoms with van der Waals surface area (Å²) >= 11 is 0. The molecule has 0 spiro atoms. The summed E-state index contributed by atoms with van der Waals surface area (Å²) in [6, 6.07) is 11.0. The Morgan fingerprint density at radius 3 is 2.52 bits per heavy atom. The van der Waals surface area contributed by atoms with Crippen molar-refractivity contribution in [2.75, 3.05) is 0 Å². The van der Waals surface area contributed by atoms with Gasteiger partial charge in [-0.3, -0.25) is 9.78 Å². The molecule has 0 saturated heterocycles. The lowest BCUT2D eigenvalue weighted by Crippen LogP contribution is -2.26. The van der Waals surface area contributed by atoms with E-state index in [1.165, 1.54) is 0 Å². The van der Waals surface area contributed by atoms with Gasteiger partial charge in [0, 0.05) is 18.3 Å². The van der Waals surface area contributed by atoms with E-state index in [1.54, 1.807) is 18.3 Å². The maximum absolute atomic E-state index is 12.3. The van der Waals surface area contributed by atoms with Crippen LogP contribution in [0.3, 0.4) is 0 Å². The molecule has 0 aliphatic heterocycles. The van der Waals surface area contributed by atoms with Gasteiger partial charge in [0.1, 0.15) is 5.75 Å². The SMILES string of the molecule is CC(C)Oc1ccc(C(C)NC(=O)c2ccnc(CN)c2)cc1. The molecule has 5 nitrogen and oxygen atoms in total. The molecule has 1 unspecified atom stereocenters. The van der Waals surface area contributed by atoms with Crippen LogP contribution in [0.25, 0.3) is 0 Å². The molecule has 2 aromatic rings. The second-order valence-corrected chi connectivity index (χ2v) is 5.67. The number of nitrogens with zero attached hydrogens (tertiary/aromatic N) is 1. The Bertz CT molecular complexity index is 654. The number of rotatable bonds is 6. The van der Waals surface area contributed by atoms with Crippen LogP contribution < -0.4 is 15.8 Å². The van der Waals surface area contributed by atoms with E-state index >= 15 is 0 Å². The maximum Gasteiger partial charge on any atom is 0.251 e. The predicted molar refractivity (Wildman–Crippen MR) is 90.2 cm³/mol. The lowest BCUT2D eigenvalue weighted by molar-refractivity contribution is 0.0939. The first-order valence-electron chi connectivity index (χ1n) is 7.72. The molecule has 1 heterocycles. The van der Waals surface area contributed by atoms with Gasteiger partial charge in [0.15, 0.2) is 0 Å². The topological polar surface area (TPSA) is 77.2 Å². The van der Waals surface area contributed by atoms with E-state index in [-0.39, 0.29) is 18.1 Å². The summed E-state index contributed by atoms with van der Waals surface area (Å²) in [6.07, 6.45) is 1.74. The third-order valence-corrected chi connectivity index (χ3v) is 3.39. The maximum atomic E-state index is 12.3. The van der Waals surface area contributed by atoms with E-state index in [9.17, 15) is 4.79 Å². The highest BCUT2D eigenvalue weighted by Crippen LogP contribution is 2.19. The Morgan fingerprint density at radius 1 is 1.22 bits per heavy atom. The highest BCUT2D eigenvalue weighted by Gasteiger charge is 2.12. The van der Waals surface area contributed by atoms with Crippen molar-refractivity contribution in [2.45, 2.75) is 39.5 Å². The molecule has 23 heavy (non-hydrogen) atoms. The Balaban J connectivity index is 2.02. The number of pyridine rings is 1. The summed E-state index contributed by atoms with van der Waals surface area (Å²) in [5, 5.41) is 2.98. The Morgan fingerprint density at radius 2 is 1.91 bits per heavy atom. The highest BCUT2D eigenvalue weighted by molar-refractivity contribution is 5.94. The van der Waals surface area contributed by atoms with Crippen LogP contribution in [0.15, 0.2) is 42.6 Å². The summed E-state index contributed by atoms with van der Waals surface area (Å²) in [6.45, 7) is 6.23. The number of nitrogens with one attached hydrogen (secondary N) is 1. The van der Waals surface area contributed by atoms with Gasteiger partial charge in [0.2, 0.25) is 0 Å². The third kappa shape index (κ3) is 4.79. The minimum atomic E-state index is -0.142. The molecule has 0 bridgehead atoms. The van der Waals surface area contributed by atoms with E-state index in [0.717, 1.165) is 11.3 Å². The van der Waals surface area contributed by atoms with Gasteiger partial charge in [-0.1, -0.05) is 12.1 Å². The van der Waals surface area contributed by atoms with Crippen molar-refractivity contribution in [3.63, 3.8) is 0 Å². The van der Waals surface area contributed by atoms with Crippen LogP contribution in [0.4, 0.5) is 0 Å². The van der Waals surface area contributed by atoms with Gasteiger partial charge in [-0.2, -0.15) is 0 Å². The monoisotopic (exact) mass is 313 g/mol. The number of hydrogen-bond donors (Lipinski definition) is 2. The molecule has 122 valence electrons. The summed E-state index contributed by atoms with van der Waals surface area (Å²) in [7, 11) is 0. The van der Waals surface area contributed by atoms with Gasteiger partial charge < -0.3 is 15.8 Å². The number of ether oxygens (including phenoxy) is 1. The number of amides is 1. The van der Waals surface area contributed by atoms with Gasteiger partial charge in [0.05, 0.1) is 17.8 Å². The van der Waals surface area contributed by atoms with E-state index < -0.39 is 0 Å². The lowest BCUT2D eigenvalue weighted by atomic mass is 10.1. The second-order valence-electron chi connectivity index (χ2n) is 5.67. The molecular formula is C18H23N3O2. The fraction of sp³-hybridized carbons (Fsp3) is 0.333. The van der Waals surface area contributed by atoms with Gasteiger partial charge >= 0.3 is 0 Å². The minimum Gasteiger partial charge on any atom is -0.491 e. The molecule has 0 radical (unpaired) electrons. The van der Waals surface area contributed by atoms with E-state index in [1.807, 2.05) is 45.0 Å². The second kappa shape index (κ2) is 7.74. The van der Waals surface area contributed by atoms with Gasteiger partial charge in [-0.15, -0.1) is 0 Å². The first-order valence-corrected chi connectivity index (χ1v) is 7.72. The molecule has 1 aromatic carbocycles. The Hall–Kier alpha value is -2.40. The van der Waals surface area contributed by atoms with Crippen molar-refractivity contribution < 1.29 is 9.53 Å². The number of nitrogens with two attached hydrogens (primary N) is 1. The largest absolute Gasteiger partial charge is 0.491 e. The molecule has 1 amide bonds. The molecule has 1 atom stereocenters. The van der Waals surface area contributed by atoms with Crippen LogP contribution in [-0.4, -0.2) is 17.0 Å². The molecule has 0 aliphatic rings. The van der Waals surface area contributed by atoms with Gasteiger partial charge in [0.25, 0.3) is 5.91 Å². The molecule has 0 aliphatic carbocycles. The van der Waals surface area contributed by atoms with Crippen LogP contribution >= 0.6 is 0 Å². The zero-order valence-corrected chi connectivity index (χ0v) is 13.7. The average molecular weight is 313 g/mol. The molecule has 5 heteroatoms. The van der Waals surface area contributed by atoms with Crippen LogP contribution in [0.5, 0.6) is 5.75 Å². The predicted octanol–water partition coefficient (Wildman–Crippen LogP) is 2.82. The molecule has 3 N–H and O–H groups in total. The van der Waals surface area contributed by atoms with Crippen molar-refractivity contribution >= 4 is 5.91 Å². The van der Waals surface area contributed by atoms with Gasteiger partial charge in [-0.25, -0.2) is 0 Å². The number of carbonyl (C=O) groups is 1. The summed E-state index contributed by atoms with van der Waals surface area (Å²) in [4.78, 5) is 16.4. The number of hydrogen-bond acceptors (Lipinski definition) is 4. The number of benzene rings is 1. The quantitative estimate of drug-likeness (QED) is 0.859. The van der Waals surface area contributed by atoms with Crippen LogP contribution in [0.1, 0.15) is 48.4 Å². The Kier molecular flexibility index (Phi) is 5.71. The van der Waals surface area contributed by atoms with E-state index in [2.05, 4.69) is 10.3 Å². The molecule has 0 fully saturated rings. The number of carbonyl (C=O) groups excluding carboxylic acids is 1.